The van der Waals surface area contributed by atoms with E-state index in [1.165, 1.54) is 0 Å². The average molecular weight is 217 g/mol. The van der Waals surface area contributed by atoms with Crippen LogP contribution in [0.2, 0.25) is 18.1 Å². The van der Waals surface area contributed by atoms with Gasteiger partial charge in [0.05, 0.1) is 13.1 Å². The fraction of sp³-hybridized carbons (Fsp3) is 0.700. The van der Waals surface area contributed by atoms with Crippen LogP contribution in [0.5, 0.6) is 0 Å². The van der Waals surface area contributed by atoms with Crippen molar-refractivity contribution >= 4 is 25.5 Å². The SMILES string of the molecule is C#CC(=O)C(Cl)[Si](C)(C)C(C)(C)C. The highest BCUT2D eigenvalue weighted by atomic mass is 35.5. The molecular weight excluding hydrogens is 200 g/mol. The molecule has 0 spiro atoms. The molecule has 0 heterocycles. The number of Topliss-reactive ketones (excluding diaryl/α,β-unsaturated/α-hetero) is 1. The molecule has 3 heteroatoms. The zero-order valence-corrected chi connectivity index (χ0v) is 10.7. The maximum atomic E-state index is 11.3. The number of ketones is 1. The Morgan fingerprint density at radius 1 is 1.46 bits per heavy atom. The Balaban J connectivity index is 4.87. The summed E-state index contributed by atoms with van der Waals surface area (Å²) in [6, 6.07) is 0. The summed E-state index contributed by atoms with van der Waals surface area (Å²) in [6.07, 6.45) is 5.05. The lowest BCUT2D eigenvalue weighted by Gasteiger charge is -2.38. The van der Waals surface area contributed by atoms with Crippen molar-refractivity contribution in [3.63, 3.8) is 0 Å². The summed E-state index contributed by atoms with van der Waals surface area (Å²) in [5, 5.41) is -0.385. The minimum Gasteiger partial charge on any atom is -0.284 e. The predicted molar refractivity (Wildman–Crippen MR) is 60.7 cm³/mol. The van der Waals surface area contributed by atoms with Crippen LogP contribution in [0.1, 0.15) is 20.8 Å². The van der Waals surface area contributed by atoms with Gasteiger partial charge in [-0.15, -0.1) is 18.0 Å². The van der Waals surface area contributed by atoms with Crippen molar-refractivity contribution in [1.82, 2.24) is 0 Å². The van der Waals surface area contributed by atoms with Crippen LogP contribution in [0.3, 0.4) is 0 Å². The van der Waals surface area contributed by atoms with Gasteiger partial charge < -0.3 is 0 Å². The molecule has 0 saturated heterocycles. The molecule has 0 amide bonds. The van der Waals surface area contributed by atoms with Crippen molar-refractivity contribution in [2.75, 3.05) is 0 Å². The molecule has 0 N–H and O–H groups in total. The molecule has 13 heavy (non-hydrogen) atoms. The van der Waals surface area contributed by atoms with Gasteiger partial charge in [0, 0.05) is 0 Å². The first kappa shape index (κ1) is 12.7. The van der Waals surface area contributed by atoms with E-state index in [-0.39, 0.29) is 10.8 Å². The van der Waals surface area contributed by atoms with Crippen LogP contribution in [0.25, 0.3) is 0 Å². The van der Waals surface area contributed by atoms with Crippen LogP contribution in [-0.4, -0.2) is 18.9 Å². The normalized spacial score (nSPS) is 14.8. The first-order valence-electron chi connectivity index (χ1n) is 4.29. The molecule has 1 unspecified atom stereocenters. The Labute approximate surface area is 86.9 Å². The van der Waals surface area contributed by atoms with E-state index in [0.717, 1.165) is 0 Å². The van der Waals surface area contributed by atoms with Gasteiger partial charge in [-0.3, -0.25) is 4.79 Å². The predicted octanol–water partition coefficient (Wildman–Crippen LogP) is 2.84. The smallest absolute Gasteiger partial charge is 0.219 e. The fourth-order valence-electron chi connectivity index (χ4n) is 0.781. The number of terminal acetylenes is 1. The summed E-state index contributed by atoms with van der Waals surface area (Å²) >= 11 is 6.08. The zero-order chi connectivity index (χ0) is 10.9. The molecule has 0 aromatic carbocycles. The summed E-state index contributed by atoms with van der Waals surface area (Å²) in [4.78, 5) is 11.3. The van der Waals surface area contributed by atoms with Gasteiger partial charge in [0.25, 0.3) is 0 Å². The summed E-state index contributed by atoms with van der Waals surface area (Å²) in [5.41, 5.74) is 0. The number of halogens is 1. The topological polar surface area (TPSA) is 17.1 Å². The van der Waals surface area contributed by atoms with Crippen molar-refractivity contribution in [1.29, 1.82) is 0 Å². The molecule has 74 valence electrons. The lowest BCUT2D eigenvalue weighted by atomic mass is 10.2. The lowest BCUT2D eigenvalue weighted by molar-refractivity contribution is -0.112. The molecule has 0 rings (SSSR count). The van der Waals surface area contributed by atoms with Gasteiger partial charge in [-0.25, -0.2) is 0 Å². The van der Waals surface area contributed by atoms with Crippen molar-refractivity contribution in [3.8, 4) is 12.3 Å². The Morgan fingerprint density at radius 2 is 1.85 bits per heavy atom. The van der Waals surface area contributed by atoms with Crippen LogP contribution in [0.4, 0.5) is 0 Å². The third-order valence-electron chi connectivity index (χ3n) is 2.94. The van der Waals surface area contributed by atoms with Gasteiger partial charge in [0.15, 0.2) is 0 Å². The molecule has 0 bridgehead atoms. The first-order valence-corrected chi connectivity index (χ1v) is 7.80. The van der Waals surface area contributed by atoms with E-state index in [1.54, 1.807) is 0 Å². The third-order valence-corrected chi connectivity index (χ3v) is 10.2. The molecule has 0 aliphatic carbocycles. The quantitative estimate of drug-likeness (QED) is 0.300. The van der Waals surface area contributed by atoms with Gasteiger partial charge in [-0.05, 0) is 11.0 Å². The van der Waals surface area contributed by atoms with Gasteiger partial charge in [-0.1, -0.05) is 33.9 Å². The van der Waals surface area contributed by atoms with E-state index in [1.807, 2.05) is 0 Å². The third kappa shape index (κ3) is 2.59. The van der Waals surface area contributed by atoms with Gasteiger partial charge in [0.2, 0.25) is 5.78 Å². The highest BCUT2D eigenvalue weighted by molar-refractivity contribution is 6.91. The molecule has 1 atom stereocenters. The van der Waals surface area contributed by atoms with E-state index in [0.29, 0.717) is 0 Å². The summed E-state index contributed by atoms with van der Waals surface area (Å²) in [6.45, 7) is 10.5. The number of hydrogen-bond donors (Lipinski definition) is 0. The number of alkyl halides is 1. The Hall–Kier alpha value is -0.263. The average Bonchev–Trinajstić information content (AvgIpc) is 1.99. The molecule has 1 nitrogen and oxygen atoms in total. The molecule has 0 aromatic heterocycles. The Kier molecular flexibility index (Phi) is 3.78. The first-order chi connectivity index (χ1) is 5.64. The van der Waals surface area contributed by atoms with Crippen LogP contribution >= 0.6 is 11.6 Å². The van der Waals surface area contributed by atoms with Crippen molar-refractivity contribution in [3.05, 3.63) is 0 Å². The Bertz CT molecular complexity index is 245. The molecule has 0 aliphatic rings. The molecular formula is C10H17ClOSi. The van der Waals surface area contributed by atoms with Crippen LogP contribution in [0, 0.1) is 12.3 Å². The minimum absolute atomic E-state index is 0.0892. The largest absolute Gasteiger partial charge is 0.284 e. The van der Waals surface area contributed by atoms with E-state index in [4.69, 9.17) is 18.0 Å². The van der Waals surface area contributed by atoms with Gasteiger partial charge in [-0.2, -0.15) is 0 Å². The minimum atomic E-state index is -1.82. The molecule has 0 aromatic rings. The van der Waals surface area contributed by atoms with Gasteiger partial charge >= 0.3 is 0 Å². The second-order valence-corrected chi connectivity index (χ2v) is 11.2. The Morgan fingerprint density at radius 3 is 2.08 bits per heavy atom. The second kappa shape index (κ2) is 3.85. The zero-order valence-electron chi connectivity index (χ0n) is 8.94. The van der Waals surface area contributed by atoms with E-state index >= 15 is 0 Å². The van der Waals surface area contributed by atoms with Gasteiger partial charge in [0.1, 0.15) is 0 Å². The molecule has 0 saturated carbocycles. The monoisotopic (exact) mass is 216 g/mol. The van der Waals surface area contributed by atoms with Crippen LogP contribution < -0.4 is 0 Å². The number of rotatable bonds is 2. The summed E-state index contributed by atoms with van der Waals surface area (Å²) < 4.78 is 0. The van der Waals surface area contributed by atoms with Crippen molar-refractivity contribution < 1.29 is 4.79 Å². The molecule has 0 radical (unpaired) electrons. The second-order valence-electron chi connectivity index (χ2n) is 4.84. The number of carbonyl (C=O) groups excluding carboxylic acids is 1. The summed E-state index contributed by atoms with van der Waals surface area (Å²) in [5.74, 6) is 1.84. The maximum Gasteiger partial charge on any atom is 0.219 e. The number of carbonyl (C=O) groups is 1. The van der Waals surface area contributed by atoms with Crippen LogP contribution in [0.15, 0.2) is 0 Å². The highest BCUT2D eigenvalue weighted by Crippen LogP contribution is 2.40. The fourth-order valence-corrected chi connectivity index (χ4v) is 3.33. The maximum absolute atomic E-state index is 11.3. The lowest BCUT2D eigenvalue weighted by Crippen LogP contribution is -2.50. The van der Waals surface area contributed by atoms with E-state index in [2.05, 4.69) is 39.8 Å². The molecule has 0 fully saturated rings. The van der Waals surface area contributed by atoms with Crippen molar-refractivity contribution in [2.45, 2.75) is 43.9 Å². The van der Waals surface area contributed by atoms with Crippen molar-refractivity contribution in [2.24, 2.45) is 0 Å². The number of hydrogen-bond acceptors (Lipinski definition) is 1. The van der Waals surface area contributed by atoms with E-state index in [9.17, 15) is 4.79 Å². The molecule has 0 aliphatic heterocycles. The summed E-state index contributed by atoms with van der Waals surface area (Å²) in [7, 11) is -1.82. The van der Waals surface area contributed by atoms with E-state index < -0.39 is 13.1 Å². The standard InChI is InChI=1S/C10H17ClOSi/c1-7-8(12)9(11)13(5,6)10(2,3)4/h1,9H,2-6H3. The van der Waals surface area contributed by atoms with Crippen LogP contribution in [-0.2, 0) is 4.79 Å². The highest BCUT2D eigenvalue weighted by Gasteiger charge is 2.44.